The number of rotatable bonds is 8. The van der Waals surface area contributed by atoms with Crippen LogP contribution in [0.1, 0.15) is 17.5 Å². The summed E-state index contributed by atoms with van der Waals surface area (Å²) in [6, 6.07) is 15.7. The van der Waals surface area contributed by atoms with Crippen molar-refractivity contribution < 1.29 is 4.79 Å². The maximum atomic E-state index is 12.4. The summed E-state index contributed by atoms with van der Waals surface area (Å²) in [5.41, 5.74) is 3.12. The fourth-order valence-electron chi connectivity index (χ4n) is 2.71. The highest BCUT2D eigenvalue weighted by molar-refractivity contribution is 7.98. The fourth-order valence-corrected chi connectivity index (χ4v) is 3.53. The van der Waals surface area contributed by atoms with Crippen LogP contribution < -0.4 is 10.9 Å². The Morgan fingerprint density at radius 3 is 2.74 bits per heavy atom. The lowest BCUT2D eigenvalue weighted by molar-refractivity contribution is -0.121. The van der Waals surface area contributed by atoms with Gasteiger partial charge in [0.2, 0.25) is 5.91 Å². The molecule has 0 spiro atoms. The Labute approximate surface area is 162 Å². The van der Waals surface area contributed by atoms with Crippen molar-refractivity contribution in [2.75, 3.05) is 12.3 Å². The summed E-state index contributed by atoms with van der Waals surface area (Å²) >= 11 is 1.79. The molecule has 0 atom stereocenters. The number of para-hydroxylation sites is 1. The van der Waals surface area contributed by atoms with E-state index in [1.807, 2.05) is 18.2 Å². The van der Waals surface area contributed by atoms with Crippen molar-refractivity contribution in [1.82, 2.24) is 14.9 Å². The summed E-state index contributed by atoms with van der Waals surface area (Å²) in [4.78, 5) is 28.7. The van der Waals surface area contributed by atoms with E-state index in [9.17, 15) is 9.59 Å². The lowest BCUT2D eigenvalue weighted by Gasteiger charge is -2.08. The molecule has 0 fully saturated rings. The summed E-state index contributed by atoms with van der Waals surface area (Å²) in [6.07, 6.45) is 1.78. The summed E-state index contributed by atoms with van der Waals surface area (Å²) in [5.74, 6) is 1.75. The number of amides is 1. The molecule has 1 aromatic heterocycles. The molecule has 1 N–H and O–H groups in total. The molecule has 0 aliphatic carbocycles. The molecule has 3 rings (SSSR count). The van der Waals surface area contributed by atoms with Crippen molar-refractivity contribution in [3.05, 3.63) is 76.3 Å². The zero-order valence-electron chi connectivity index (χ0n) is 15.4. The van der Waals surface area contributed by atoms with Gasteiger partial charge in [-0.3, -0.25) is 14.2 Å². The molecule has 27 heavy (non-hydrogen) atoms. The van der Waals surface area contributed by atoms with Gasteiger partial charge in [-0.2, -0.15) is 11.8 Å². The number of aryl methyl sites for hydroxylation is 2. The number of aromatic nitrogens is 2. The molecule has 0 saturated carbocycles. The van der Waals surface area contributed by atoms with Crippen LogP contribution in [0.25, 0.3) is 10.9 Å². The Balaban J connectivity index is 1.39. The third-order valence-electron chi connectivity index (χ3n) is 4.27. The van der Waals surface area contributed by atoms with Crippen molar-refractivity contribution in [1.29, 1.82) is 0 Å². The highest BCUT2D eigenvalue weighted by atomic mass is 32.2. The number of hydrogen-bond acceptors (Lipinski definition) is 4. The van der Waals surface area contributed by atoms with Crippen LogP contribution in [-0.2, 0) is 17.1 Å². The van der Waals surface area contributed by atoms with E-state index in [-0.39, 0.29) is 17.9 Å². The monoisotopic (exact) mass is 381 g/mol. The van der Waals surface area contributed by atoms with Crippen molar-refractivity contribution in [3.8, 4) is 0 Å². The van der Waals surface area contributed by atoms with Crippen molar-refractivity contribution >= 4 is 28.6 Å². The van der Waals surface area contributed by atoms with E-state index in [0.717, 1.165) is 11.5 Å². The first kappa shape index (κ1) is 19.2. The third kappa shape index (κ3) is 5.44. The minimum Gasteiger partial charge on any atom is -0.355 e. The van der Waals surface area contributed by atoms with Crippen LogP contribution in [0.3, 0.4) is 0 Å². The standard InChI is InChI=1S/C21H23N3O2S/c1-16-6-8-17(9-7-16)14-27-13-11-22-20(25)10-12-24-15-23-19-5-3-2-4-18(19)21(24)26/h2-9,15H,10-14H2,1H3,(H,22,25). The topological polar surface area (TPSA) is 64.0 Å². The molecule has 6 heteroatoms. The summed E-state index contributed by atoms with van der Waals surface area (Å²) < 4.78 is 1.49. The van der Waals surface area contributed by atoms with Gasteiger partial charge in [-0.15, -0.1) is 0 Å². The van der Waals surface area contributed by atoms with Gasteiger partial charge in [-0.25, -0.2) is 4.98 Å². The highest BCUT2D eigenvalue weighted by Crippen LogP contribution is 2.12. The number of benzene rings is 2. The first-order valence-electron chi connectivity index (χ1n) is 8.97. The number of thioether (sulfide) groups is 1. The Hall–Kier alpha value is -2.60. The second kappa shape index (κ2) is 9.37. The average Bonchev–Trinajstić information content (AvgIpc) is 2.69. The predicted octanol–water partition coefficient (Wildman–Crippen LogP) is 3.14. The zero-order chi connectivity index (χ0) is 19.1. The Bertz CT molecular complexity index is 967. The maximum Gasteiger partial charge on any atom is 0.261 e. The SMILES string of the molecule is Cc1ccc(CSCCNC(=O)CCn2cnc3ccccc3c2=O)cc1. The largest absolute Gasteiger partial charge is 0.355 e. The number of carbonyl (C=O) groups excluding carboxylic acids is 1. The molecule has 2 aromatic carbocycles. The smallest absolute Gasteiger partial charge is 0.261 e. The van der Waals surface area contributed by atoms with Gasteiger partial charge < -0.3 is 5.32 Å². The molecule has 0 radical (unpaired) electrons. The molecule has 5 nitrogen and oxygen atoms in total. The quantitative estimate of drug-likeness (QED) is 0.609. The molecule has 1 amide bonds. The first-order valence-corrected chi connectivity index (χ1v) is 10.1. The minimum absolute atomic E-state index is 0.0500. The fraction of sp³-hybridized carbons (Fsp3) is 0.286. The predicted molar refractivity (Wildman–Crippen MR) is 111 cm³/mol. The lowest BCUT2D eigenvalue weighted by atomic mass is 10.2. The molecule has 0 bridgehead atoms. The van der Waals surface area contributed by atoms with Crippen LogP contribution in [-0.4, -0.2) is 27.8 Å². The van der Waals surface area contributed by atoms with Crippen molar-refractivity contribution in [2.45, 2.75) is 25.6 Å². The molecule has 0 aliphatic heterocycles. The number of nitrogens with zero attached hydrogens (tertiary/aromatic N) is 2. The van der Waals surface area contributed by atoms with E-state index in [1.54, 1.807) is 17.8 Å². The van der Waals surface area contributed by atoms with Gasteiger partial charge in [0.25, 0.3) is 5.56 Å². The Morgan fingerprint density at radius 2 is 1.93 bits per heavy atom. The first-order chi connectivity index (χ1) is 13.1. The summed E-state index contributed by atoms with van der Waals surface area (Å²) in [7, 11) is 0. The molecule has 1 heterocycles. The number of carbonyl (C=O) groups is 1. The van der Waals surface area contributed by atoms with Crippen LogP contribution in [0.2, 0.25) is 0 Å². The van der Waals surface area contributed by atoms with Crippen LogP contribution in [0.15, 0.2) is 59.7 Å². The molecular weight excluding hydrogens is 358 g/mol. The molecule has 0 saturated heterocycles. The van der Waals surface area contributed by atoms with Gasteiger partial charge in [0.15, 0.2) is 0 Å². The Kier molecular flexibility index (Phi) is 6.65. The lowest BCUT2D eigenvalue weighted by Crippen LogP contribution is -2.29. The molecule has 0 aliphatic rings. The number of hydrogen-bond donors (Lipinski definition) is 1. The second-order valence-electron chi connectivity index (χ2n) is 6.40. The average molecular weight is 382 g/mol. The zero-order valence-corrected chi connectivity index (χ0v) is 16.2. The second-order valence-corrected chi connectivity index (χ2v) is 7.50. The van der Waals surface area contributed by atoms with Gasteiger partial charge in [-0.1, -0.05) is 42.0 Å². The molecule has 3 aromatic rings. The van der Waals surface area contributed by atoms with E-state index in [4.69, 9.17) is 0 Å². The van der Waals surface area contributed by atoms with Crippen LogP contribution in [0.4, 0.5) is 0 Å². The van der Waals surface area contributed by atoms with Gasteiger partial charge in [0.05, 0.1) is 17.2 Å². The van der Waals surface area contributed by atoms with E-state index in [1.165, 1.54) is 22.0 Å². The molecular formula is C21H23N3O2S. The van der Waals surface area contributed by atoms with Crippen molar-refractivity contribution in [2.24, 2.45) is 0 Å². The van der Waals surface area contributed by atoms with Gasteiger partial charge in [0.1, 0.15) is 0 Å². The van der Waals surface area contributed by atoms with Crippen LogP contribution in [0.5, 0.6) is 0 Å². The Morgan fingerprint density at radius 1 is 1.15 bits per heavy atom. The molecule has 0 unspecified atom stereocenters. The van der Waals surface area contributed by atoms with Crippen molar-refractivity contribution in [3.63, 3.8) is 0 Å². The number of nitrogens with one attached hydrogen (secondary N) is 1. The number of fused-ring (bicyclic) bond motifs is 1. The van der Waals surface area contributed by atoms with Gasteiger partial charge >= 0.3 is 0 Å². The van der Waals surface area contributed by atoms with Gasteiger partial charge in [0, 0.05) is 31.0 Å². The highest BCUT2D eigenvalue weighted by Gasteiger charge is 2.06. The molecule has 140 valence electrons. The van der Waals surface area contributed by atoms with E-state index >= 15 is 0 Å². The van der Waals surface area contributed by atoms with Gasteiger partial charge in [-0.05, 0) is 24.6 Å². The van der Waals surface area contributed by atoms with E-state index in [2.05, 4.69) is 41.5 Å². The van der Waals surface area contributed by atoms with Crippen LogP contribution in [0, 0.1) is 6.92 Å². The van der Waals surface area contributed by atoms with E-state index in [0.29, 0.717) is 24.0 Å². The third-order valence-corrected chi connectivity index (χ3v) is 5.30. The summed E-state index contributed by atoms with van der Waals surface area (Å²) in [6.45, 7) is 3.04. The normalized spacial score (nSPS) is 10.9. The summed E-state index contributed by atoms with van der Waals surface area (Å²) in [5, 5.41) is 3.49. The maximum absolute atomic E-state index is 12.4. The minimum atomic E-state index is -0.109. The van der Waals surface area contributed by atoms with Crippen LogP contribution >= 0.6 is 11.8 Å². The van der Waals surface area contributed by atoms with E-state index < -0.39 is 0 Å².